The van der Waals surface area contributed by atoms with Crippen molar-refractivity contribution in [3.8, 4) is 5.75 Å². The molecule has 0 aliphatic rings. The van der Waals surface area contributed by atoms with Crippen LogP contribution in [0.3, 0.4) is 0 Å². The Hall–Kier alpha value is -2.15. The average Bonchev–Trinajstić information content (AvgIpc) is 2.78. The van der Waals surface area contributed by atoms with Gasteiger partial charge in [-0.1, -0.05) is 103 Å². The first-order valence-corrected chi connectivity index (χ1v) is 12.4. The Morgan fingerprint density at radius 1 is 0.750 bits per heavy atom. The summed E-state index contributed by atoms with van der Waals surface area (Å²) in [5, 5.41) is 10.6. The zero-order chi connectivity index (χ0) is 23.3. The van der Waals surface area contributed by atoms with Gasteiger partial charge in [-0.2, -0.15) is 4.89 Å². The predicted octanol–water partition coefficient (Wildman–Crippen LogP) is 8.30. The van der Waals surface area contributed by atoms with Crippen molar-refractivity contribution in [1.29, 1.82) is 0 Å². The van der Waals surface area contributed by atoms with Crippen LogP contribution in [0.5, 0.6) is 5.75 Å². The molecule has 7 nitrogen and oxygen atoms in total. The number of carbonyl (C=O) groups excluding carboxylic acids is 1. The summed E-state index contributed by atoms with van der Waals surface area (Å²) in [6.07, 6.45) is 19.7. The molecule has 0 aliphatic carbocycles. The lowest BCUT2D eigenvalue weighted by Crippen LogP contribution is -2.11. The average molecular weight is 452 g/mol. The highest BCUT2D eigenvalue weighted by Gasteiger charge is 2.10. The Bertz CT molecular complexity index is 605. The minimum Gasteiger partial charge on any atom is -0.393 e. The first kappa shape index (κ1) is 27.9. The molecule has 0 aromatic heterocycles. The highest BCUT2D eigenvalue weighted by atomic mass is 17.2. The van der Waals surface area contributed by atoms with Gasteiger partial charge < -0.3 is 4.74 Å². The van der Waals surface area contributed by atoms with E-state index in [9.17, 15) is 14.9 Å². The normalized spacial score (nSPS) is 10.8. The number of nitrogens with zero attached hydrogens (tertiary/aromatic N) is 1. The smallest absolute Gasteiger partial charge is 0.393 e. The number of rotatable bonds is 20. The van der Waals surface area contributed by atoms with E-state index < -0.39 is 11.1 Å². The van der Waals surface area contributed by atoms with Crippen molar-refractivity contribution in [2.45, 2.75) is 110 Å². The van der Waals surface area contributed by atoms with Crippen molar-refractivity contribution in [2.75, 3.05) is 6.61 Å². The Balaban J connectivity index is 1.82. The van der Waals surface area contributed by atoms with E-state index in [1.807, 2.05) is 0 Å². The molecule has 0 heterocycles. The molecule has 1 rings (SSSR count). The molecule has 0 bridgehead atoms. The van der Waals surface area contributed by atoms with Crippen molar-refractivity contribution >= 4 is 11.8 Å². The van der Waals surface area contributed by atoms with E-state index in [0.717, 1.165) is 19.3 Å². The number of hydrogen-bond acceptors (Lipinski definition) is 6. The molecule has 182 valence electrons. The van der Waals surface area contributed by atoms with Crippen LogP contribution in [0.1, 0.15) is 110 Å². The van der Waals surface area contributed by atoms with Crippen LogP contribution in [0.4, 0.5) is 10.5 Å². The van der Waals surface area contributed by atoms with Gasteiger partial charge in [0.1, 0.15) is 5.75 Å². The fourth-order valence-corrected chi connectivity index (χ4v) is 3.55. The van der Waals surface area contributed by atoms with Crippen LogP contribution in [0, 0.1) is 10.1 Å². The second-order valence-electron chi connectivity index (χ2n) is 8.31. The van der Waals surface area contributed by atoms with Crippen LogP contribution in [0.2, 0.25) is 0 Å². The summed E-state index contributed by atoms with van der Waals surface area (Å²) in [4.78, 5) is 31.0. The summed E-state index contributed by atoms with van der Waals surface area (Å²) in [6.45, 7) is 2.59. The molecule has 1 aromatic rings. The third kappa shape index (κ3) is 15.6. The molecule has 1 aromatic carbocycles. The van der Waals surface area contributed by atoms with Gasteiger partial charge >= 0.3 is 6.16 Å². The molecule has 0 fully saturated rings. The van der Waals surface area contributed by atoms with E-state index in [0.29, 0.717) is 6.61 Å². The number of ether oxygens (including phenoxy) is 1. The van der Waals surface area contributed by atoms with Crippen LogP contribution in [0.25, 0.3) is 0 Å². The monoisotopic (exact) mass is 451 g/mol. The molecular formula is C25H41NO6. The van der Waals surface area contributed by atoms with E-state index in [4.69, 9.17) is 9.62 Å². The molecule has 0 atom stereocenters. The molecule has 0 radical (unpaired) electrons. The number of benzene rings is 1. The summed E-state index contributed by atoms with van der Waals surface area (Å²) in [7, 11) is 0. The molecule has 0 saturated carbocycles. The van der Waals surface area contributed by atoms with Crippen LogP contribution in [-0.2, 0) is 9.78 Å². The van der Waals surface area contributed by atoms with E-state index in [-0.39, 0.29) is 11.4 Å². The van der Waals surface area contributed by atoms with E-state index in [1.54, 1.807) is 0 Å². The second kappa shape index (κ2) is 19.5. The summed E-state index contributed by atoms with van der Waals surface area (Å²) in [5.41, 5.74) is -0.0783. The fourth-order valence-electron chi connectivity index (χ4n) is 3.55. The van der Waals surface area contributed by atoms with Gasteiger partial charge in [-0.15, -0.1) is 0 Å². The second-order valence-corrected chi connectivity index (χ2v) is 8.31. The number of nitro groups is 1. The minimum atomic E-state index is -0.990. The van der Waals surface area contributed by atoms with Crippen LogP contribution in [0.15, 0.2) is 24.3 Å². The molecular weight excluding hydrogens is 410 g/mol. The lowest BCUT2D eigenvalue weighted by Gasteiger charge is -2.05. The number of hydrogen-bond donors (Lipinski definition) is 0. The van der Waals surface area contributed by atoms with Gasteiger partial charge in [0.05, 0.1) is 11.5 Å². The van der Waals surface area contributed by atoms with Gasteiger partial charge in [0, 0.05) is 12.1 Å². The van der Waals surface area contributed by atoms with Gasteiger partial charge in [0.2, 0.25) is 0 Å². The molecule has 0 N–H and O–H groups in total. The molecule has 0 aliphatic heterocycles. The molecule has 0 saturated heterocycles. The van der Waals surface area contributed by atoms with Gasteiger partial charge in [-0.3, -0.25) is 15.0 Å². The summed E-state index contributed by atoms with van der Waals surface area (Å²) in [5.74, 6) is 0.159. The van der Waals surface area contributed by atoms with E-state index in [2.05, 4.69) is 11.8 Å². The first-order valence-electron chi connectivity index (χ1n) is 12.4. The Morgan fingerprint density at radius 2 is 1.19 bits per heavy atom. The predicted molar refractivity (Wildman–Crippen MR) is 126 cm³/mol. The topological polar surface area (TPSA) is 87.9 Å². The first-order chi connectivity index (χ1) is 15.6. The maximum absolute atomic E-state index is 11.5. The third-order valence-corrected chi connectivity index (χ3v) is 5.46. The number of nitro benzene ring substituents is 1. The van der Waals surface area contributed by atoms with Crippen molar-refractivity contribution in [3.63, 3.8) is 0 Å². The van der Waals surface area contributed by atoms with Crippen LogP contribution >= 0.6 is 0 Å². The summed E-state index contributed by atoms with van der Waals surface area (Å²) >= 11 is 0. The Morgan fingerprint density at radius 3 is 1.62 bits per heavy atom. The molecule has 0 amide bonds. The Labute approximate surface area is 192 Å². The molecule has 7 heteroatoms. The zero-order valence-corrected chi connectivity index (χ0v) is 19.7. The number of non-ortho nitro benzene ring substituents is 1. The number of carbonyl (C=O) groups is 1. The van der Waals surface area contributed by atoms with E-state index >= 15 is 0 Å². The summed E-state index contributed by atoms with van der Waals surface area (Å²) in [6, 6.07) is 5.16. The minimum absolute atomic E-state index is 0.0783. The van der Waals surface area contributed by atoms with Gasteiger partial charge in [0.25, 0.3) is 5.69 Å². The largest absolute Gasteiger partial charge is 0.546 e. The fraction of sp³-hybridized carbons (Fsp3) is 0.720. The van der Waals surface area contributed by atoms with Crippen molar-refractivity contribution in [1.82, 2.24) is 0 Å². The third-order valence-electron chi connectivity index (χ3n) is 5.46. The van der Waals surface area contributed by atoms with Crippen molar-refractivity contribution < 1.29 is 24.2 Å². The lowest BCUT2D eigenvalue weighted by molar-refractivity contribution is -0.384. The van der Waals surface area contributed by atoms with Crippen molar-refractivity contribution in [3.05, 3.63) is 34.4 Å². The number of unbranched alkanes of at least 4 members (excludes halogenated alkanes) is 15. The molecule has 0 spiro atoms. The summed E-state index contributed by atoms with van der Waals surface area (Å²) < 4.78 is 4.87. The highest BCUT2D eigenvalue weighted by molar-refractivity contribution is 5.63. The SMILES string of the molecule is CCCCCCCCCCCCCCCCCCOOC(=O)Oc1ccc([N+](=O)[O-])cc1. The van der Waals surface area contributed by atoms with Crippen LogP contribution < -0.4 is 4.74 Å². The molecule has 0 unspecified atom stereocenters. The lowest BCUT2D eigenvalue weighted by atomic mass is 10.0. The van der Waals surface area contributed by atoms with Gasteiger partial charge in [0.15, 0.2) is 0 Å². The van der Waals surface area contributed by atoms with Crippen molar-refractivity contribution in [2.24, 2.45) is 0 Å². The Kier molecular flexibility index (Phi) is 17.0. The van der Waals surface area contributed by atoms with Gasteiger partial charge in [-0.25, -0.2) is 4.79 Å². The van der Waals surface area contributed by atoms with Gasteiger partial charge in [-0.05, 0) is 18.6 Å². The van der Waals surface area contributed by atoms with E-state index in [1.165, 1.54) is 108 Å². The molecule has 32 heavy (non-hydrogen) atoms. The zero-order valence-electron chi connectivity index (χ0n) is 19.7. The standard InChI is InChI=1S/C25H41NO6/c1-2-3-4-5-6-7-8-9-10-11-12-13-14-15-16-17-22-30-32-25(27)31-24-20-18-23(19-21-24)26(28)29/h18-21H,2-17,22H2,1H3. The quantitative estimate of drug-likeness (QED) is 0.0494. The highest BCUT2D eigenvalue weighted by Crippen LogP contribution is 2.18. The maximum atomic E-state index is 11.5. The van der Waals surface area contributed by atoms with Crippen LogP contribution in [-0.4, -0.2) is 17.7 Å². The maximum Gasteiger partial charge on any atom is 0.546 e.